The van der Waals surface area contributed by atoms with Crippen molar-refractivity contribution in [3.05, 3.63) is 46.5 Å². The molecule has 2 aromatic heterocycles. The van der Waals surface area contributed by atoms with Gasteiger partial charge in [0.15, 0.2) is 0 Å². The van der Waals surface area contributed by atoms with E-state index in [0.717, 1.165) is 17.1 Å². The first kappa shape index (κ1) is 15.8. The summed E-state index contributed by atoms with van der Waals surface area (Å²) < 4.78 is 5.39. The number of thiophene rings is 1. The smallest absolute Gasteiger partial charge is 0.230 e. The third kappa shape index (κ3) is 3.74. The van der Waals surface area contributed by atoms with Crippen molar-refractivity contribution in [2.45, 2.75) is 33.4 Å². The molecule has 1 atom stereocenters. The molecule has 2 heterocycles. The molecule has 0 aliphatic heterocycles. The first-order chi connectivity index (χ1) is 10.1. The molecule has 0 aliphatic carbocycles. The van der Waals surface area contributed by atoms with Crippen LogP contribution in [0.2, 0.25) is 0 Å². The topological polar surface area (TPSA) is 59.5 Å². The van der Waals surface area contributed by atoms with Crippen molar-refractivity contribution in [2.75, 3.05) is 6.54 Å². The number of furan rings is 1. The van der Waals surface area contributed by atoms with Gasteiger partial charge in [0, 0.05) is 11.4 Å². The number of hydrogen-bond donors (Lipinski definition) is 1. The summed E-state index contributed by atoms with van der Waals surface area (Å²) in [6, 6.07) is 7.77. The molecule has 5 heteroatoms. The van der Waals surface area contributed by atoms with E-state index in [1.165, 1.54) is 0 Å². The number of carbonyl (C=O) groups excluding carboxylic acids is 1. The fourth-order valence-corrected chi connectivity index (χ4v) is 2.86. The number of nitrogens with zero attached hydrogens (tertiary/aromatic N) is 1. The van der Waals surface area contributed by atoms with Gasteiger partial charge in [-0.05, 0) is 36.9 Å². The molecule has 0 radical (unpaired) electrons. The minimum Gasteiger partial charge on any atom is -0.467 e. The fourth-order valence-electron chi connectivity index (χ4n) is 2.15. The van der Waals surface area contributed by atoms with E-state index in [1.807, 2.05) is 48.4 Å². The molecule has 0 fully saturated rings. The van der Waals surface area contributed by atoms with Crippen molar-refractivity contribution < 1.29 is 9.21 Å². The zero-order valence-electron chi connectivity index (χ0n) is 12.5. The van der Waals surface area contributed by atoms with E-state index in [1.54, 1.807) is 17.6 Å². The number of rotatable bonds is 7. The van der Waals surface area contributed by atoms with Gasteiger partial charge < -0.3 is 15.1 Å². The highest BCUT2D eigenvalue weighted by molar-refractivity contribution is 7.09. The molecule has 2 rings (SSSR count). The molecular weight excluding hydrogens is 284 g/mol. The average molecular weight is 306 g/mol. The zero-order valence-corrected chi connectivity index (χ0v) is 13.4. The molecule has 0 saturated carbocycles. The Labute approximate surface area is 129 Å². The van der Waals surface area contributed by atoms with E-state index in [9.17, 15) is 4.79 Å². The largest absolute Gasteiger partial charge is 0.467 e. The van der Waals surface area contributed by atoms with Crippen LogP contribution < -0.4 is 5.73 Å². The Morgan fingerprint density at radius 1 is 1.38 bits per heavy atom. The lowest BCUT2D eigenvalue weighted by molar-refractivity contribution is -0.142. The van der Waals surface area contributed by atoms with Crippen LogP contribution in [0.25, 0.3) is 0 Å². The molecule has 0 aromatic carbocycles. The summed E-state index contributed by atoms with van der Waals surface area (Å²) in [5.74, 6) is 0.868. The molecule has 114 valence electrons. The summed E-state index contributed by atoms with van der Waals surface area (Å²) in [6.45, 7) is 5.34. The van der Waals surface area contributed by atoms with E-state index < -0.39 is 5.41 Å². The first-order valence-corrected chi connectivity index (χ1v) is 8.01. The maximum atomic E-state index is 12.9. The SMILES string of the molecule is CCC(C)(CN)C(=O)N(Cc1ccco1)Cc1cccs1. The van der Waals surface area contributed by atoms with Crippen molar-refractivity contribution in [3.8, 4) is 0 Å². The molecular formula is C16H22N2O2S. The van der Waals surface area contributed by atoms with Crippen LogP contribution in [0.1, 0.15) is 30.9 Å². The van der Waals surface area contributed by atoms with Gasteiger partial charge in [-0.1, -0.05) is 13.0 Å². The van der Waals surface area contributed by atoms with Crippen molar-refractivity contribution in [2.24, 2.45) is 11.1 Å². The van der Waals surface area contributed by atoms with Crippen molar-refractivity contribution in [3.63, 3.8) is 0 Å². The molecule has 2 aromatic rings. The third-order valence-corrected chi connectivity index (χ3v) is 4.75. The van der Waals surface area contributed by atoms with Crippen LogP contribution in [0.15, 0.2) is 40.3 Å². The summed E-state index contributed by atoms with van der Waals surface area (Å²) in [7, 11) is 0. The highest BCUT2D eigenvalue weighted by Gasteiger charge is 2.34. The van der Waals surface area contributed by atoms with Crippen molar-refractivity contribution in [1.29, 1.82) is 0 Å². The van der Waals surface area contributed by atoms with Gasteiger partial charge in [-0.15, -0.1) is 11.3 Å². The summed E-state index contributed by atoms with van der Waals surface area (Å²) in [4.78, 5) is 15.9. The Kier molecular flexibility index (Phi) is 5.20. The van der Waals surface area contributed by atoms with Gasteiger partial charge in [-0.2, -0.15) is 0 Å². The van der Waals surface area contributed by atoms with E-state index >= 15 is 0 Å². The van der Waals surface area contributed by atoms with E-state index in [4.69, 9.17) is 10.2 Å². The van der Waals surface area contributed by atoms with Gasteiger partial charge in [0.25, 0.3) is 0 Å². The maximum Gasteiger partial charge on any atom is 0.230 e. The predicted octanol–water partition coefficient (Wildman–Crippen LogP) is 3.24. The van der Waals surface area contributed by atoms with Gasteiger partial charge in [0.1, 0.15) is 5.76 Å². The Hall–Kier alpha value is -1.59. The number of carbonyl (C=O) groups is 1. The molecule has 0 saturated heterocycles. The molecule has 1 unspecified atom stereocenters. The van der Waals surface area contributed by atoms with E-state index in [2.05, 4.69) is 0 Å². The first-order valence-electron chi connectivity index (χ1n) is 7.13. The van der Waals surface area contributed by atoms with Gasteiger partial charge in [0.05, 0.1) is 24.8 Å². The molecule has 21 heavy (non-hydrogen) atoms. The minimum absolute atomic E-state index is 0.0808. The maximum absolute atomic E-state index is 12.9. The van der Waals surface area contributed by atoms with Gasteiger partial charge in [-0.25, -0.2) is 0 Å². The second kappa shape index (κ2) is 6.91. The normalized spacial score (nSPS) is 13.9. The molecule has 4 nitrogen and oxygen atoms in total. The Morgan fingerprint density at radius 3 is 2.71 bits per heavy atom. The number of nitrogens with two attached hydrogens (primary N) is 1. The average Bonchev–Trinajstić information content (AvgIpc) is 3.18. The standard InChI is InChI=1S/C16H22N2O2S/c1-3-16(2,12-17)15(19)18(10-13-6-4-8-20-13)11-14-7-5-9-21-14/h4-9H,3,10-12,17H2,1-2H3. The van der Waals surface area contributed by atoms with Crippen molar-refractivity contribution >= 4 is 17.2 Å². The molecule has 1 amide bonds. The minimum atomic E-state index is -0.524. The second-order valence-corrected chi connectivity index (χ2v) is 6.47. The highest BCUT2D eigenvalue weighted by atomic mass is 32.1. The zero-order chi connectivity index (χ0) is 15.3. The van der Waals surface area contributed by atoms with Crippen LogP contribution in [0.3, 0.4) is 0 Å². The summed E-state index contributed by atoms with van der Waals surface area (Å²) in [6.07, 6.45) is 2.35. The third-order valence-electron chi connectivity index (χ3n) is 3.89. The molecule has 0 aliphatic rings. The lowest BCUT2D eigenvalue weighted by atomic mass is 9.86. The molecule has 0 spiro atoms. The van der Waals surface area contributed by atoms with Crippen LogP contribution >= 0.6 is 11.3 Å². The van der Waals surface area contributed by atoms with Gasteiger partial charge >= 0.3 is 0 Å². The van der Waals surface area contributed by atoms with Crippen LogP contribution in [0, 0.1) is 5.41 Å². The fraction of sp³-hybridized carbons (Fsp3) is 0.438. The molecule has 0 bridgehead atoms. The van der Waals surface area contributed by atoms with Crippen LogP contribution in [-0.4, -0.2) is 17.4 Å². The van der Waals surface area contributed by atoms with Crippen molar-refractivity contribution in [1.82, 2.24) is 4.90 Å². The van der Waals surface area contributed by atoms with Gasteiger partial charge in [-0.3, -0.25) is 4.79 Å². The Bertz CT molecular complexity index is 509. The Balaban J connectivity index is 2.20. The summed E-state index contributed by atoms with van der Waals surface area (Å²) in [5, 5.41) is 2.02. The lowest BCUT2D eigenvalue weighted by Gasteiger charge is -2.32. The Morgan fingerprint density at radius 2 is 2.19 bits per heavy atom. The molecule has 2 N–H and O–H groups in total. The number of amides is 1. The highest BCUT2D eigenvalue weighted by Crippen LogP contribution is 2.26. The number of hydrogen-bond acceptors (Lipinski definition) is 4. The monoisotopic (exact) mass is 306 g/mol. The quantitative estimate of drug-likeness (QED) is 0.854. The van der Waals surface area contributed by atoms with Gasteiger partial charge in [0.2, 0.25) is 5.91 Å². The summed E-state index contributed by atoms with van der Waals surface area (Å²) in [5.41, 5.74) is 5.31. The van der Waals surface area contributed by atoms with E-state index in [0.29, 0.717) is 19.6 Å². The van der Waals surface area contributed by atoms with E-state index in [-0.39, 0.29) is 5.91 Å². The van der Waals surface area contributed by atoms with Crippen LogP contribution in [-0.2, 0) is 17.9 Å². The predicted molar refractivity (Wildman–Crippen MR) is 84.7 cm³/mol. The lowest BCUT2D eigenvalue weighted by Crippen LogP contribution is -2.45. The van der Waals surface area contributed by atoms with Crippen LogP contribution in [0.5, 0.6) is 0 Å². The summed E-state index contributed by atoms with van der Waals surface area (Å²) >= 11 is 1.65. The van der Waals surface area contributed by atoms with Crippen LogP contribution in [0.4, 0.5) is 0 Å². The second-order valence-electron chi connectivity index (χ2n) is 5.44.